The lowest BCUT2D eigenvalue weighted by Gasteiger charge is -2.14. The number of alkyl halides is 3. The van der Waals surface area contributed by atoms with E-state index in [-0.39, 0.29) is 11.3 Å². The maximum Gasteiger partial charge on any atom is 0.420 e. The number of ketones is 1. The summed E-state index contributed by atoms with van der Waals surface area (Å²) in [6.07, 6.45) is -4.89. The molecule has 0 amide bonds. The predicted octanol–water partition coefficient (Wildman–Crippen LogP) is 3.89. The van der Waals surface area contributed by atoms with E-state index in [1.165, 1.54) is 32.4 Å². The van der Waals surface area contributed by atoms with Gasteiger partial charge in [0, 0.05) is 18.2 Å². The Morgan fingerprint density at radius 1 is 1.07 bits per heavy atom. The minimum Gasteiger partial charge on any atom is -0.497 e. The summed E-state index contributed by atoms with van der Waals surface area (Å²) in [7, 11) is 2.75. The Bertz CT molecular complexity index is 866. The van der Waals surface area contributed by atoms with E-state index < -0.39 is 40.5 Å². The van der Waals surface area contributed by atoms with Gasteiger partial charge in [-0.25, -0.2) is 0 Å². The molecule has 0 fully saturated rings. The molecule has 0 spiro atoms. The van der Waals surface area contributed by atoms with Crippen LogP contribution in [0.2, 0.25) is 0 Å². The van der Waals surface area contributed by atoms with Gasteiger partial charge in [0.05, 0.1) is 24.7 Å². The van der Waals surface area contributed by atoms with Gasteiger partial charge in [-0.15, -0.1) is 0 Å². The van der Waals surface area contributed by atoms with Gasteiger partial charge in [0.2, 0.25) is 5.78 Å². The maximum absolute atomic E-state index is 13.1. The molecule has 0 heterocycles. The summed E-state index contributed by atoms with van der Waals surface area (Å²) in [5, 5.41) is 10.7. The number of Topliss-reactive ketones (excluding diaryl/α,β-unsaturated/α-hetero) is 1. The number of methoxy groups -OCH3 is 2. The molecule has 2 aromatic rings. The van der Waals surface area contributed by atoms with E-state index in [4.69, 9.17) is 14.2 Å². The molecule has 7 nitrogen and oxygen atoms in total. The molecule has 10 heteroatoms. The number of carbonyl (C=O) groups excluding carboxylic acids is 1. The first-order valence-electron chi connectivity index (χ1n) is 7.41. The lowest BCUT2D eigenvalue weighted by atomic mass is 10.1. The monoisotopic (exact) mass is 385 g/mol. The van der Waals surface area contributed by atoms with Crippen molar-refractivity contribution in [1.29, 1.82) is 0 Å². The van der Waals surface area contributed by atoms with E-state index in [2.05, 4.69) is 0 Å². The summed E-state index contributed by atoms with van der Waals surface area (Å²) in [5.74, 6) is -0.725. The van der Waals surface area contributed by atoms with Crippen LogP contribution in [0.5, 0.6) is 17.2 Å². The molecule has 0 aliphatic heterocycles. The molecule has 0 bridgehead atoms. The van der Waals surface area contributed by atoms with E-state index in [0.29, 0.717) is 11.8 Å². The molecule has 0 saturated carbocycles. The molecule has 0 aromatic heterocycles. The number of nitro benzene ring substituents is 1. The second-order valence-electron chi connectivity index (χ2n) is 5.21. The molecule has 0 saturated heterocycles. The Morgan fingerprint density at radius 3 is 2.33 bits per heavy atom. The molecule has 2 rings (SSSR count). The number of rotatable bonds is 7. The van der Waals surface area contributed by atoms with Crippen LogP contribution < -0.4 is 14.2 Å². The predicted molar refractivity (Wildman–Crippen MR) is 87.5 cm³/mol. The summed E-state index contributed by atoms with van der Waals surface area (Å²) in [5.41, 5.74) is -1.99. The average Bonchev–Trinajstić information content (AvgIpc) is 2.64. The second-order valence-corrected chi connectivity index (χ2v) is 5.21. The van der Waals surface area contributed by atoms with Crippen LogP contribution in [0.4, 0.5) is 18.9 Å². The van der Waals surface area contributed by atoms with Gasteiger partial charge in [0.15, 0.2) is 6.61 Å². The molecule has 0 N–H and O–H groups in total. The van der Waals surface area contributed by atoms with Gasteiger partial charge in [-0.1, -0.05) is 0 Å². The SMILES string of the molecule is COc1ccc(C(=O)COc2ccc([N+](=O)[O-])cc2C(F)(F)F)c(OC)c1. The van der Waals surface area contributed by atoms with Crippen molar-refractivity contribution in [3.8, 4) is 17.2 Å². The quantitative estimate of drug-likeness (QED) is 0.408. The number of nitro groups is 1. The van der Waals surface area contributed by atoms with Gasteiger partial charge in [0.1, 0.15) is 22.8 Å². The summed E-state index contributed by atoms with van der Waals surface area (Å²) in [6, 6.07) is 6.35. The van der Waals surface area contributed by atoms with E-state index in [1.54, 1.807) is 0 Å². The standard InChI is InChI=1S/C17H14F3NO6/c1-25-11-4-5-12(16(8-11)26-2)14(22)9-27-15-6-3-10(21(23)24)7-13(15)17(18,19)20/h3-8H,9H2,1-2H3. The van der Waals surface area contributed by atoms with Gasteiger partial charge in [-0.3, -0.25) is 14.9 Å². The van der Waals surface area contributed by atoms with Crippen molar-refractivity contribution in [2.24, 2.45) is 0 Å². The van der Waals surface area contributed by atoms with Crippen molar-refractivity contribution in [2.45, 2.75) is 6.18 Å². The van der Waals surface area contributed by atoms with Crippen LogP contribution in [0.25, 0.3) is 0 Å². The highest BCUT2D eigenvalue weighted by molar-refractivity contribution is 6.00. The van der Waals surface area contributed by atoms with Crippen molar-refractivity contribution in [2.75, 3.05) is 20.8 Å². The Kier molecular flexibility index (Phi) is 5.88. The van der Waals surface area contributed by atoms with Crippen LogP contribution in [0, 0.1) is 10.1 Å². The van der Waals surface area contributed by atoms with Crippen LogP contribution in [0.3, 0.4) is 0 Å². The number of halogens is 3. The average molecular weight is 385 g/mol. The molecule has 0 radical (unpaired) electrons. The van der Waals surface area contributed by atoms with E-state index in [9.17, 15) is 28.1 Å². The van der Waals surface area contributed by atoms with E-state index in [1.807, 2.05) is 0 Å². The highest BCUT2D eigenvalue weighted by Gasteiger charge is 2.36. The fourth-order valence-corrected chi connectivity index (χ4v) is 2.23. The highest BCUT2D eigenvalue weighted by Crippen LogP contribution is 2.38. The Labute approximate surface area is 151 Å². The van der Waals surface area contributed by atoms with Crippen LogP contribution >= 0.6 is 0 Å². The minimum absolute atomic E-state index is 0.0915. The molecule has 2 aromatic carbocycles. The third-order valence-electron chi connectivity index (χ3n) is 3.55. The minimum atomic E-state index is -4.89. The van der Waals surface area contributed by atoms with Crippen molar-refractivity contribution in [3.05, 3.63) is 57.6 Å². The molecular formula is C17H14F3NO6. The largest absolute Gasteiger partial charge is 0.497 e. The Balaban J connectivity index is 2.26. The smallest absolute Gasteiger partial charge is 0.420 e. The zero-order valence-electron chi connectivity index (χ0n) is 14.2. The van der Waals surface area contributed by atoms with Crippen molar-refractivity contribution < 1.29 is 37.1 Å². The fourth-order valence-electron chi connectivity index (χ4n) is 2.23. The number of carbonyl (C=O) groups is 1. The van der Waals surface area contributed by atoms with Gasteiger partial charge in [-0.2, -0.15) is 13.2 Å². The number of ether oxygens (including phenoxy) is 3. The molecule has 0 aliphatic rings. The first-order valence-corrected chi connectivity index (χ1v) is 7.41. The zero-order chi connectivity index (χ0) is 20.2. The number of non-ortho nitro benzene ring substituents is 1. The molecule has 27 heavy (non-hydrogen) atoms. The molecule has 144 valence electrons. The molecule has 0 unspecified atom stereocenters. The van der Waals surface area contributed by atoms with Crippen LogP contribution in [-0.2, 0) is 6.18 Å². The molecular weight excluding hydrogens is 371 g/mol. The lowest BCUT2D eigenvalue weighted by molar-refractivity contribution is -0.385. The fraction of sp³-hybridized carbons (Fsp3) is 0.235. The maximum atomic E-state index is 13.1. The number of benzene rings is 2. The van der Waals surface area contributed by atoms with Gasteiger partial charge >= 0.3 is 6.18 Å². The lowest BCUT2D eigenvalue weighted by Crippen LogP contribution is -2.16. The Hall–Kier alpha value is -3.30. The van der Waals surface area contributed by atoms with Crippen LogP contribution in [0.1, 0.15) is 15.9 Å². The van der Waals surface area contributed by atoms with Gasteiger partial charge in [-0.05, 0) is 18.2 Å². The third-order valence-corrected chi connectivity index (χ3v) is 3.55. The van der Waals surface area contributed by atoms with Crippen LogP contribution in [0.15, 0.2) is 36.4 Å². The normalized spacial score (nSPS) is 11.0. The van der Waals surface area contributed by atoms with Crippen molar-refractivity contribution in [3.63, 3.8) is 0 Å². The number of nitrogens with zero attached hydrogens (tertiary/aromatic N) is 1. The second kappa shape index (κ2) is 7.94. The van der Waals surface area contributed by atoms with Gasteiger partial charge in [0.25, 0.3) is 5.69 Å². The molecule has 0 atom stereocenters. The topological polar surface area (TPSA) is 87.9 Å². The highest BCUT2D eigenvalue weighted by atomic mass is 19.4. The molecule has 0 aliphatic carbocycles. The summed E-state index contributed by atoms with van der Waals surface area (Å²) in [4.78, 5) is 22.0. The first-order chi connectivity index (χ1) is 12.7. The summed E-state index contributed by atoms with van der Waals surface area (Å²) < 4.78 is 54.4. The number of hydrogen-bond acceptors (Lipinski definition) is 6. The van der Waals surface area contributed by atoms with Gasteiger partial charge < -0.3 is 14.2 Å². The summed E-state index contributed by atoms with van der Waals surface area (Å²) >= 11 is 0. The van der Waals surface area contributed by atoms with Crippen molar-refractivity contribution in [1.82, 2.24) is 0 Å². The van der Waals surface area contributed by atoms with Crippen LogP contribution in [-0.4, -0.2) is 31.5 Å². The third kappa shape index (κ3) is 4.66. The van der Waals surface area contributed by atoms with Crippen molar-refractivity contribution >= 4 is 11.5 Å². The zero-order valence-corrected chi connectivity index (χ0v) is 14.2. The first kappa shape index (κ1) is 20.0. The number of hydrogen-bond donors (Lipinski definition) is 0. The Morgan fingerprint density at radius 2 is 1.78 bits per heavy atom. The van der Waals surface area contributed by atoms with E-state index in [0.717, 1.165) is 12.1 Å². The van der Waals surface area contributed by atoms with E-state index >= 15 is 0 Å². The summed E-state index contributed by atoms with van der Waals surface area (Å²) in [6.45, 7) is -0.719.